The van der Waals surface area contributed by atoms with Gasteiger partial charge in [0.2, 0.25) is 0 Å². The quantitative estimate of drug-likeness (QED) is 0.654. The highest BCUT2D eigenvalue weighted by molar-refractivity contribution is 7.18. The Kier molecular flexibility index (Phi) is 3.92. The summed E-state index contributed by atoms with van der Waals surface area (Å²) in [6.07, 6.45) is 0. The van der Waals surface area contributed by atoms with Crippen LogP contribution in [0.15, 0.2) is 54.1 Å². The maximum absolute atomic E-state index is 14.3. The van der Waals surface area contributed by atoms with Crippen LogP contribution in [0.4, 0.5) is 4.39 Å². The standard InChI is InChI=1S/C21H19FN2OS/c1-13-12-24(19(25)18(13)14-8-4-5-9-15(14)22)21(2,3)20-23-16-10-6-7-11-17(16)26-20/h4-11H,12H2,1-3H3. The van der Waals surface area contributed by atoms with E-state index in [-0.39, 0.29) is 11.7 Å². The molecule has 1 aliphatic heterocycles. The van der Waals surface area contributed by atoms with Gasteiger partial charge in [0, 0.05) is 12.1 Å². The van der Waals surface area contributed by atoms with Crippen molar-refractivity contribution in [2.45, 2.75) is 26.3 Å². The molecule has 0 fully saturated rings. The van der Waals surface area contributed by atoms with Gasteiger partial charge in [-0.05, 0) is 44.5 Å². The van der Waals surface area contributed by atoms with Crippen molar-refractivity contribution in [3.63, 3.8) is 0 Å². The highest BCUT2D eigenvalue weighted by Crippen LogP contribution is 2.40. The number of thiazole rings is 1. The first-order valence-electron chi connectivity index (χ1n) is 8.52. The molecule has 4 rings (SSSR count). The van der Waals surface area contributed by atoms with Crippen molar-refractivity contribution in [2.24, 2.45) is 0 Å². The minimum Gasteiger partial charge on any atom is -0.323 e. The highest BCUT2D eigenvalue weighted by atomic mass is 32.1. The lowest BCUT2D eigenvalue weighted by atomic mass is 10.0. The summed E-state index contributed by atoms with van der Waals surface area (Å²) < 4.78 is 15.4. The third kappa shape index (κ3) is 2.54. The summed E-state index contributed by atoms with van der Waals surface area (Å²) in [5, 5.41) is 0.884. The zero-order valence-electron chi connectivity index (χ0n) is 14.9. The highest BCUT2D eigenvalue weighted by Gasteiger charge is 2.41. The molecular formula is C21H19FN2OS. The van der Waals surface area contributed by atoms with E-state index in [0.717, 1.165) is 20.8 Å². The number of fused-ring (bicyclic) bond motifs is 1. The van der Waals surface area contributed by atoms with Gasteiger partial charge in [0.1, 0.15) is 10.8 Å². The Morgan fingerprint density at radius 3 is 2.54 bits per heavy atom. The number of carbonyl (C=O) groups is 1. The normalized spacial score (nSPS) is 15.4. The molecular weight excluding hydrogens is 347 g/mol. The summed E-state index contributed by atoms with van der Waals surface area (Å²) >= 11 is 1.60. The molecule has 3 nitrogen and oxygen atoms in total. The fraction of sp³-hybridized carbons (Fsp3) is 0.238. The molecule has 1 aromatic heterocycles. The van der Waals surface area contributed by atoms with Crippen LogP contribution in [0.3, 0.4) is 0 Å². The molecule has 0 aliphatic carbocycles. The zero-order valence-corrected chi connectivity index (χ0v) is 15.7. The number of rotatable bonds is 3. The molecule has 2 heterocycles. The molecule has 1 aliphatic rings. The molecule has 3 aromatic rings. The number of benzene rings is 2. The van der Waals surface area contributed by atoms with E-state index < -0.39 is 5.54 Å². The SMILES string of the molecule is CC1=C(c2ccccc2F)C(=O)N(C(C)(C)c2nc3ccccc3s2)C1. The van der Waals surface area contributed by atoms with Gasteiger partial charge in [-0.2, -0.15) is 0 Å². The summed E-state index contributed by atoms with van der Waals surface area (Å²) in [4.78, 5) is 19.7. The fourth-order valence-electron chi connectivity index (χ4n) is 3.42. The molecule has 132 valence electrons. The second-order valence-corrected chi connectivity index (χ2v) is 8.10. The lowest BCUT2D eigenvalue weighted by Gasteiger charge is -2.34. The van der Waals surface area contributed by atoms with Crippen LogP contribution in [0, 0.1) is 5.82 Å². The summed E-state index contributed by atoms with van der Waals surface area (Å²) in [7, 11) is 0. The number of hydrogen-bond donors (Lipinski definition) is 0. The molecule has 0 spiro atoms. The van der Waals surface area contributed by atoms with E-state index in [1.807, 2.05) is 45.0 Å². The van der Waals surface area contributed by atoms with Gasteiger partial charge in [-0.15, -0.1) is 11.3 Å². The van der Waals surface area contributed by atoms with Crippen LogP contribution >= 0.6 is 11.3 Å². The molecule has 0 saturated heterocycles. The Morgan fingerprint density at radius 1 is 1.12 bits per heavy atom. The first-order chi connectivity index (χ1) is 12.4. The third-order valence-corrected chi connectivity index (χ3v) is 6.27. The van der Waals surface area contributed by atoms with Gasteiger partial charge >= 0.3 is 0 Å². The summed E-state index contributed by atoms with van der Waals surface area (Å²) in [5.41, 5.74) is 2.09. The number of nitrogens with zero attached hydrogens (tertiary/aromatic N) is 2. The average Bonchev–Trinajstić information content (AvgIpc) is 3.18. The van der Waals surface area contributed by atoms with Crippen molar-refractivity contribution in [1.29, 1.82) is 0 Å². The fourth-order valence-corrected chi connectivity index (χ4v) is 4.49. The first-order valence-corrected chi connectivity index (χ1v) is 9.34. The van der Waals surface area contributed by atoms with Crippen LogP contribution in [0.25, 0.3) is 15.8 Å². The Morgan fingerprint density at radius 2 is 1.81 bits per heavy atom. The van der Waals surface area contributed by atoms with Crippen molar-refractivity contribution >= 4 is 33.0 Å². The summed E-state index contributed by atoms with van der Waals surface area (Å²) in [6, 6.07) is 14.4. The minimum atomic E-state index is -0.574. The molecule has 0 bridgehead atoms. The summed E-state index contributed by atoms with van der Waals surface area (Å²) in [5.74, 6) is -0.508. The molecule has 0 N–H and O–H groups in total. The number of hydrogen-bond acceptors (Lipinski definition) is 3. The molecule has 5 heteroatoms. The zero-order chi connectivity index (χ0) is 18.5. The topological polar surface area (TPSA) is 33.2 Å². The van der Waals surface area contributed by atoms with E-state index in [4.69, 9.17) is 4.98 Å². The lowest BCUT2D eigenvalue weighted by molar-refractivity contribution is -0.128. The van der Waals surface area contributed by atoms with E-state index in [1.165, 1.54) is 6.07 Å². The van der Waals surface area contributed by atoms with Gasteiger partial charge in [-0.25, -0.2) is 9.37 Å². The summed E-state index contributed by atoms with van der Waals surface area (Å²) in [6.45, 7) is 6.37. The van der Waals surface area contributed by atoms with Crippen molar-refractivity contribution in [3.05, 3.63) is 70.5 Å². The Bertz CT molecular complexity index is 1020. The van der Waals surface area contributed by atoms with Crippen molar-refractivity contribution < 1.29 is 9.18 Å². The molecule has 0 saturated carbocycles. The molecule has 2 aromatic carbocycles. The lowest BCUT2D eigenvalue weighted by Crippen LogP contribution is -2.43. The van der Waals surface area contributed by atoms with Gasteiger partial charge in [-0.3, -0.25) is 4.79 Å². The monoisotopic (exact) mass is 366 g/mol. The van der Waals surface area contributed by atoms with E-state index >= 15 is 0 Å². The van der Waals surface area contributed by atoms with E-state index in [0.29, 0.717) is 17.7 Å². The predicted molar refractivity (Wildman–Crippen MR) is 103 cm³/mol. The van der Waals surface area contributed by atoms with Crippen LogP contribution in [-0.4, -0.2) is 22.3 Å². The Balaban J connectivity index is 1.73. The van der Waals surface area contributed by atoms with Crippen LogP contribution in [-0.2, 0) is 10.3 Å². The molecule has 0 radical (unpaired) electrons. The third-order valence-electron chi connectivity index (χ3n) is 4.92. The maximum atomic E-state index is 14.3. The first kappa shape index (κ1) is 16.9. The second-order valence-electron chi connectivity index (χ2n) is 7.07. The second kappa shape index (κ2) is 6.02. The largest absolute Gasteiger partial charge is 0.323 e. The molecule has 26 heavy (non-hydrogen) atoms. The van der Waals surface area contributed by atoms with Gasteiger partial charge in [0.25, 0.3) is 5.91 Å². The van der Waals surface area contributed by atoms with Crippen molar-refractivity contribution in [1.82, 2.24) is 9.88 Å². The Labute approximate surface area is 155 Å². The van der Waals surface area contributed by atoms with Crippen LogP contribution in [0.2, 0.25) is 0 Å². The molecule has 0 atom stereocenters. The van der Waals surface area contributed by atoms with Crippen LogP contribution in [0.1, 0.15) is 31.3 Å². The predicted octanol–water partition coefficient (Wildman–Crippen LogP) is 4.99. The van der Waals surface area contributed by atoms with Gasteiger partial charge in [0.15, 0.2) is 0 Å². The van der Waals surface area contributed by atoms with Gasteiger partial charge in [0.05, 0.1) is 21.3 Å². The van der Waals surface area contributed by atoms with Crippen LogP contribution < -0.4 is 0 Å². The minimum absolute atomic E-state index is 0.142. The van der Waals surface area contributed by atoms with Crippen LogP contribution in [0.5, 0.6) is 0 Å². The van der Waals surface area contributed by atoms with Crippen molar-refractivity contribution in [3.8, 4) is 0 Å². The number of aromatic nitrogens is 1. The molecule has 1 amide bonds. The van der Waals surface area contributed by atoms with Crippen molar-refractivity contribution in [2.75, 3.05) is 6.54 Å². The molecule has 0 unspecified atom stereocenters. The van der Waals surface area contributed by atoms with Gasteiger partial charge < -0.3 is 4.90 Å². The number of carbonyl (C=O) groups excluding carboxylic acids is 1. The number of halogens is 1. The van der Waals surface area contributed by atoms with E-state index in [1.54, 1.807) is 34.4 Å². The Hall–Kier alpha value is -2.53. The number of para-hydroxylation sites is 1. The van der Waals surface area contributed by atoms with Gasteiger partial charge in [-0.1, -0.05) is 30.3 Å². The maximum Gasteiger partial charge on any atom is 0.255 e. The van der Waals surface area contributed by atoms with E-state index in [9.17, 15) is 9.18 Å². The average molecular weight is 366 g/mol. The number of amides is 1. The smallest absolute Gasteiger partial charge is 0.255 e. The van der Waals surface area contributed by atoms with E-state index in [2.05, 4.69) is 0 Å².